The van der Waals surface area contributed by atoms with Gasteiger partial charge in [0.05, 0.1) is 0 Å². The van der Waals surface area contributed by atoms with Gasteiger partial charge in [0.15, 0.2) is 0 Å². The average Bonchev–Trinajstić information content (AvgIpc) is 1.41. The largest absolute Gasteiger partial charge is 3.00 e. The second-order valence-corrected chi connectivity index (χ2v) is 4.68. The first-order valence-corrected chi connectivity index (χ1v) is 7.63. The fourth-order valence-corrected chi connectivity index (χ4v) is 0. The smallest absolute Gasteiger partial charge is 3.00 e. The van der Waals surface area contributed by atoms with E-state index in [1.165, 1.54) is 0 Å². The van der Waals surface area contributed by atoms with Crippen molar-refractivity contribution < 1.29 is 171 Å². The van der Waals surface area contributed by atoms with Gasteiger partial charge in [-0.2, -0.15) is 0 Å². The maximum atomic E-state index is 8.58. The summed E-state index contributed by atoms with van der Waals surface area (Å²) in [6.45, 7) is 0. The Labute approximate surface area is 167 Å². The molecule has 0 saturated heterocycles. The van der Waals surface area contributed by atoms with Crippen LogP contribution in [0.1, 0.15) is 0 Å². The Kier molecular flexibility index (Phi) is 26.0. The van der Waals surface area contributed by atoms with Gasteiger partial charge in [-0.3, -0.25) is 0 Å². The zero-order valence-electron chi connectivity index (χ0n) is 7.19. The summed E-state index contributed by atoms with van der Waals surface area (Å²) in [6.07, 6.45) is 0. The van der Waals surface area contributed by atoms with Gasteiger partial charge in [0, 0.05) is 0 Å². The van der Waals surface area contributed by atoms with Crippen molar-refractivity contribution in [3.8, 4) is 0 Å². The molecule has 0 saturated carbocycles. The predicted octanol–water partition coefficient (Wildman–Crippen LogP) is -7.85. The third-order valence-electron chi connectivity index (χ3n) is 0. The van der Waals surface area contributed by atoms with Gasteiger partial charge in [0.1, 0.15) is 0 Å². The van der Waals surface area contributed by atoms with Crippen molar-refractivity contribution in [2.75, 3.05) is 0 Å². The molecule has 0 aliphatic heterocycles. The summed E-state index contributed by atoms with van der Waals surface area (Å²) in [6, 6.07) is 0. The zero-order chi connectivity index (χ0) is 13.5. The Balaban J connectivity index is -0.0000000400. The van der Waals surface area contributed by atoms with Crippen LogP contribution >= 0.6 is 0 Å². The topological polar surface area (TPSA) is 241 Å². The van der Waals surface area contributed by atoms with E-state index >= 15 is 0 Å². The van der Waals surface area contributed by atoms with E-state index in [0.29, 0.717) is 0 Å². The summed E-state index contributed by atoms with van der Waals surface area (Å²) in [7, 11) is 0. The van der Waals surface area contributed by atoms with Crippen LogP contribution in [0, 0.1) is 82.6 Å². The molecule has 12 nitrogen and oxygen atoms in total. The molecule has 0 aromatic heterocycles. The molecule has 0 unspecified atom stereocenters. The zero-order valence-corrected chi connectivity index (χ0v) is 18.1. The molecule has 17 heavy (non-hydrogen) atoms. The first-order chi connectivity index (χ1) is 6.00. The molecule has 0 heterocycles. The standard InChI is InChI=1S/3Mn.12O.2Pr/q;;;;;;;;;6*-1;2*+3. The van der Waals surface area contributed by atoms with E-state index < -0.39 is 40.1 Å². The van der Waals surface area contributed by atoms with Crippen LogP contribution in [0.4, 0.5) is 0 Å². The molecule has 0 N–H and O–H groups in total. The van der Waals surface area contributed by atoms with Gasteiger partial charge in [-0.15, -0.1) is 0 Å². The second-order valence-electron chi connectivity index (χ2n) is 1.13. The van der Waals surface area contributed by atoms with Crippen LogP contribution in [0.25, 0.3) is 0 Å². The van der Waals surface area contributed by atoms with Gasteiger partial charge < -0.3 is 0 Å². The second kappa shape index (κ2) is 13.8. The quantitative estimate of drug-likeness (QED) is 0.225. The summed E-state index contributed by atoms with van der Waals surface area (Å²) in [5.41, 5.74) is 0. The third kappa shape index (κ3) is 660. The fraction of sp³-hybridized carbons (Fsp3) is 0. The van der Waals surface area contributed by atoms with Crippen molar-refractivity contribution in [1.82, 2.24) is 0 Å². The maximum Gasteiger partial charge on any atom is 3.00 e. The molecule has 0 aliphatic rings. The first-order valence-electron chi connectivity index (χ1n) is 1.85. The SMILES string of the molecule is [O]=[Mn](=[O])([O-])[O-].[O]=[Mn](=[O])([O-])[O-].[O]=[Mn](=[O])([O-])[O-].[Pr+3].[Pr+3]. The number of hydrogen-bond donors (Lipinski definition) is 0. The van der Waals surface area contributed by atoms with Crippen molar-refractivity contribution in [3.05, 3.63) is 0 Å². The van der Waals surface area contributed by atoms with Gasteiger partial charge in [-0.1, -0.05) is 0 Å². The molecule has 0 amide bonds. The molecule has 17 heteroatoms. The van der Waals surface area contributed by atoms with Crippen molar-refractivity contribution in [2.45, 2.75) is 0 Å². The van der Waals surface area contributed by atoms with Crippen molar-refractivity contribution in [3.63, 3.8) is 0 Å². The van der Waals surface area contributed by atoms with Crippen LogP contribution in [-0.4, -0.2) is 0 Å². The van der Waals surface area contributed by atoms with Gasteiger partial charge in [-0.05, 0) is 0 Å². The normalized spacial score (nSPS) is 10.2. The maximum absolute atomic E-state index is 8.58. The average molecular weight is 639 g/mol. The third-order valence-corrected chi connectivity index (χ3v) is 0. The Morgan fingerprint density at radius 1 is 0.412 bits per heavy atom. The number of rotatable bonds is 0. The molecule has 0 fully saturated rings. The summed E-state index contributed by atoms with van der Waals surface area (Å²) in [4.78, 5) is 0. The van der Waals surface area contributed by atoms with Crippen LogP contribution in [0.2, 0.25) is 0 Å². The van der Waals surface area contributed by atoms with E-state index in [4.69, 9.17) is 48.1 Å². The molecule has 0 aromatic carbocycles. The summed E-state index contributed by atoms with van der Waals surface area (Å²) in [5, 5.41) is 0. The van der Waals surface area contributed by atoms with Crippen molar-refractivity contribution in [2.24, 2.45) is 0 Å². The molecule has 0 radical (unpaired) electrons. The Morgan fingerprint density at radius 3 is 0.412 bits per heavy atom. The van der Waals surface area contributed by atoms with Crippen molar-refractivity contribution in [1.29, 1.82) is 0 Å². The molecule has 99 valence electrons. The van der Waals surface area contributed by atoms with Gasteiger partial charge in [0.2, 0.25) is 0 Å². The summed E-state index contributed by atoms with van der Waals surface area (Å²) in [5.74, 6) is 0. The Morgan fingerprint density at radius 2 is 0.412 bits per heavy atom. The van der Waals surface area contributed by atoms with Gasteiger partial charge >= 0.3 is 171 Å². The molecule has 0 aromatic rings. The fourth-order valence-electron chi connectivity index (χ4n) is 0. The van der Waals surface area contributed by atoms with E-state index in [1.54, 1.807) is 0 Å². The van der Waals surface area contributed by atoms with Gasteiger partial charge in [0.25, 0.3) is 0 Å². The van der Waals surface area contributed by atoms with E-state index in [2.05, 4.69) is 0 Å². The van der Waals surface area contributed by atoms with Crippen LogP contribution in [0.3, 0.4) is 0 Å². The van der Waals surface area contributed by atoms with Crippen LogP contribution < -0.4 is 25.1 Å². The monoisotopic (exact) mass is 639 g/mol. The Hall–Kier alpha value is 2.85. The molecule has 0 aliphatic carbocycles. The molecule has 0 atom stereocenters. The van der Waals surface area contributed by atoms with E-state index in [0.717, 1.165) is 0 Å². The van der Waals surface area contributed by atoms with Crippen LogP contribution in [0.15, 0.2) is 0 Å². The summed E-state index contributed by atoms with van der Waals surface area (Å²) >= 11 is -16.9. The summed E-state index contributed by atoms with van der Waals surface area (Å²) < 4.78 is 103. The minimum absolute atomic E-state index is 0. The van der Waals surface area contributed by atoms with E-state index in [-0.39, 0.29) is 82.6 Å². The molecule has 0 spiro atoms. The van der Waals surface area contributed by atoms with E-state index in [9.17, 15) is 0 Å². The molecule has 0 bridgehead atoms. The molecular weight excluding hydrogens is 639 g/mol. The molecule has 0 rings (SSSR count). The first kappa shape index (κ1) is 32.0. The van der Waals surface area contributed by atoms with Crippen LogP contribution in [0.5, 0.6) is 0 Å². The van der Waals surface area contributed by atoms with E-state index in [1.807, 2.05) is 0 Å². The van der Waals surface area contributed by atoms with Crippen molar-refractivity contribution >= 4 is 0 Å². The van der Waals surface area contributed by atoms with Gasteiger partial charge in [-0.25, -0.2) is 0 Å². The Bertz CT molecular complexity index is 341. The van der Waals surface area contributed by atoms with Crippen LogP contribution in [-0.2, 0) is 63.1 Å². The molecular formula is Mn3O12Pr2. The number of hydrogen-bond acceptors (Lipinski definition) is 12. The minimum Gasteiger partial charge on any atom is 3.00 e. The predicted molar refractivity (Wildman–Crippen MR) is 4.12 cm³/mol. The minimum atomic E-state index is -5.62.